The van der Waals surface area contributed by atoms with Crippen molar-refractivity contribution in [3.05, 3.63) is 23.3 Å². The maximum atomic E-state index is 10.7. The van der Waals surface area contributed by atoms with Gasteiger partial charge < -0.3 is 11.1 Å². The van der Waals surface area contributed by atoms with E-state index in [0.29, 0.717) is 6.54 Å². The predicted molar refractivity (Wildman–Crippen MR) is 56.0 cm³/mol. The molecule has 4 heteroatoms. The number of hydrogen-bond donors (Lipinski definition) is 3. The van der Waals surface area contributed by atoms with E-state index in [9.17, 15) is 4.79 Å². The summed E-state index contributed by atoms with van der Waals surface area (Å²) in [7, 11) is 0. The summed E-state index contributed by atoms with van der Waals surface area (Å²) in [4.78, 5) is 10.7. The molecule has 0 aromatic heterocycles. The van der Waals surface area contributed by atoms with Crippen LogP contribution in [0.5, 0.6) is 0 Å². The van der Waals surface area contributed by atoms with Gasteiger partial charge in [0, 0.05) is 13.5 Å². The van der Waals surface area contributed by atoms with Crippen LogP contribution in [0.25, 0.3) is 0 Å². The first-order valence-electron chi connectivity index (χ1n) is 4.57. The fraction of sp³-hybridized carbons (Fsp3) is 0.400. The van der Waals surface area contributed by atoms with Gasteiger partial charge in [0.2, 0.25) is 5.91 Å². The SMILES string of the molecule is CC(=O)NCC1=CC=C(C(=N)N)CC1. The first kappa shape index (κ1) is 10.5. The Morgan fingerprint density at radius 2 is 2.29 bits per heavy atom. The van der Waals surface area contributed by atoms with Gasteiger partial charge >= 0.3 is 0 Å². The second kappa shape index (κ2) is 4.60. The Bertz CT molecular complexity index is 315. The summed E-state index contributed by atoms with van der Waals surface area (Å²) < 4.78 is 0. The van der Waals surface area contributed by atoms with Crippen molar-refractivity contribution in [2.45, 2.75) is 19.8 Å². The molecule has 0 aliphatic heterocycles. The molecule has 0 saturated carbocycles. The van der Waals surface area contributed by atoms with Gasteiger partial charge in [0.15, 0.2) is 0 Å². The third-order valence-electron chi connectivity index (χ3n) is 2.15. The molecule has 0 heterocycles. The Kier molecular flexibility index (Phi) is 3.45. The lowest BCUT2D eigenvalue weighted by Gasteiger charge is -2.13. The molecule has 0 unspecified atom stereocenters. The molecule has 1 aliphatic carbocycles. The monoisotopic (exact) mass is 193 g/mol. The van der Waals surface area contributed by atoms with E-state index in [2.05, 4.69) is 5.32 Å². The molecule has 4 nitrogen and oxygen atoms in total. The standard InChI is InChI=1S/C10H15N3O/c1-7(14)13-6-8-2-4-9(5-3-8)10(11)12/h2,4H,3,5-6H2,1H3,(H3,11,12)(H,13,14). The summed E-state index contributed by atoms with van der Waals surface area (Å²) in [5, 5.41) is 9.97. The van der Waals surface area contributed by atoms with E-state index in [0.717, 1.165) is 18.4 Å². The molecule has 0 spiro atoms. The molecule has 0 fully saturated rings. The average Bonchev–Trinajstić information content (AvgIpc) is 2.15. The quantitative estimate of drug-likeness (QED) is 0.456. The minimum absolute atomic E-state index is 0.0211. The van der Waals surface area contributed by atoms with Crippen molar-refractivity contribution in [3.63, 3.8) is 0 Å². The minimum Gasteiger partial charge on any atom is -0.384 e. The van der Waals surface area contributed by atoms with Crippen molar-refractivity contribution in [1.82, 2.24) is 5.32 Å². The Hall–Kier alpha value is -1.58. The molecule has 0 bridgehead atoms. The van der Waals surface area contributed by atoms with Crippen LogP contribution in [0.15, 0.2) is 23.3 Å². The Balaban J connectivity index is 2.51. The molecule has 0 atom stereocenters. The first-order chi connectivity index (χ1) is 6.59. The fourth-order valence-electron chi connectivity index (χ4n) is 1.29. The largest absolute Gasteiger partial charge is 0.384 e. The van der Waals surface area contributed by atoms with Crippen LogP contribution in [0, 0.1) is 5.41 Å². The number of rotatable bonds is 3. The van der Waals surface area contributed by atoms with Crippen LogP contribution < -0.4 is 11.1 Å². The van der Waals surface area contributed by atoms with Crippen LogP contribution in [-0.4, -0.2) is 18.3 Å². The van der Waals surface area contributed by atoms with E-state index in [-0.39, 0.29) is 11.7 Å². The van der Waals surface area contributed by atoms with Crippen LogP contribution in [0.3, 0.4) is 0 Å². The van der Waals surface area contributed by atoms with Gasteiger partial charge in [-0.1, -0.05) is 17.7 Å². The summed E-state index contributed by atoms with van der Waals surface area (Å²) in [6, 6.07) is 0. The highest BCUT2D eigenvalue weighted by molar-refractivity contribution is 5.94. The van der Waals surface area contributed by atoms with Gasteiger partial charge in [0.1, 0.15) is 5.84 Å². The lowest BCUT2D eigenvalue weighted by atomic mass is 9.98. The fourth-order valence-corrected chi connectivity index (χ4v) is 1.29. The number of nitrogens with two attached hydrogens (primary N) is 1. The minimum atomic E-state index is -0.0211. The lowest BCUT2D eigenvalue weighted by Crippen LogP contribution is -2.23. The molecule has 0 aromatic carbocycles. The van der Waals surface area contributed by atoms with Crippen molar-refractivity contribution in [2.75, 3.05) is 6.54 Å². The van der Waals surface area contributed by atoms with Crippen molar-refractivity contribution in [3.8, 4) is 0 Å². The lowest BCUT2D eigenvalue weighted by molar-refractivity contribution is -0.118. The highest BCUT2D eigenvalue weighted by Gasteiger charge is 2.08. The molecule has 14 heavy (non-hydrogen) atoms. The number of allylic oxidation sites excluding steroid dienone is 2. The van der Waals surface area contributed by atoms with Gasteiger partial charge in [0.05, 0.1) is 0 Å². The molecule has 1 rings (SSSR count). The normalized spacial score (nSPS) is 15.5. The zero-order chi connectivity index (χ0) is 10.6. The number of amides is 1. The number of carbonyl (C=O) groups excluding carboxylic acids is 1. The second-order valence-electron chi connectivity index (χ2n) is 3.34. The average molecular weight is 193 g/mol. The van der Waals surface area contributed by atoms with Crippen molar-refractivity contribution in [1.29, 1.82) is 5.41 Å². The van der Waals surface area contributed by atoms with Crippen LogP contribution in [0.4, 0.5) is 0 Å². The van der Waals surface area contributed by atoms with Crippen molar-refractivity contribution >= 4 is 11.7 Å². The van der Waals surface area contributed by atoms with Gasteiger partial charge in [-0.2, -0.15) is 0 Å². The van der Waals surface area contributed by atoms with Gasteiger partial charge in [-0.15, -0.1) is 0 Å². The predicted octanol–water partition coefficient (Wildman–Crippen LogP) is 0.705. The molecule has 0 saturated heterocycles. The highest BCUT2D eigenvalue weighted by atomic mass is 16.1. The van der Waals surface area contributed by atoms with Crippen LogP contribution >= 0.6 is 0 Å². The Labute approximate surface area is 83.4 Å². The molecule has 4 N–H and O–H groups in total. The van der Waals surface area contributed by atoms with E-state index in [1.54, 1.807) is 0 Å². The maximum absolute atomic E-state index is 10.7. The molecular formula is C10H15N3O. The summed E-state index contributed by atoms with van der Waals surface area (Å²) in [5.74, 6) is 0.118. The van der Waals surface area contributed by atoms with E-state index in [1.165, 1.54) is 12.5 Å². The number of amidine groups is 1. The first-order valence-corrected chi connectivity index (χ1v) is 4.57. The summed E-state index contributed by atoms with van der Waals surface area (Å²) in [5.41, 5.74) is 7.39. The van der Waals surface area contributed by atoms with Crippen molar-refractivity contribution < 1.29 is 4.79 Å². The molecule has 1 aliphatic rings. The van der Waals surface area contributed by atoms with Crippen LogP contribution in [-0.2, 0) is 4.79 Å². The van der Waals surface area contributed by atoms with Crippen LogP contribution in [0.1, 0.15) is 19.8 Å². The maximum Gasteiger partial charge on any atom is 0.217 e. The topological polar surface area (TPSA) is 79.0 Å². The number of carbonyl (C=O) groups is 1. The van der Waals surface area contributed by atoms with Gasteiger partial charge in [0.25, 0.3) is 0 Å². The zero-order valence-corrected chi connectivity index (χ0v) is 8.26. The molecular weight excluding hydrogens is 178 g/mol. The van der Waals surface area contributed by atoms with Gasteiger partial charge in [-0.25, -0.2) is 0 Å². The van der Waals surface area contributed by atoms with Gasteiger partial charge in [-0.05, 0) is 18.4 Å². The van der Waals surface area contributed by atoms with E-state index in [4.69, 9.17) is 11.1 Å². The Morgan fingerprint density at radius 1 is 1.57 bits per heavy atom. The summed E-state index contributed by atoms with van der Waals surface area (Å²) >= 11 is 0. The van der Waals surface area contributed by atoms with Gasteiger partial charge in [-0.3, -0.25) is 10.2 Å². The van der Waals surface area contributed by atoms with Crippen molar-refractivity contribution in [2.24, 2.45) is 5.73 Å². The smallest absolute Gasteiger partial charge is 0.217 e. The summed E-state index contributed by atoms with van der Waals surface area (Å²) in [6.07, 6.45) is 5.44. The molecule has 0 aromatic rings. The third kappa shape index (κ3) is 3.05. The Morgan fingerprint density at radius 3 is 2.71 bits per heavy atom. The zero-order valence-electron chi connectivity index (χ0n) is 8.26. The molecule has 76 valence electrons. The van der Waals surface area contributed by atoms with Crippen LogP contribution in [0.2, 0.25) is 0 Å². The van der Waals surface area contributed by atoms with E-state index in [1.807, 2.05) is 12.2 Å². The van der Waals surface area contributed by atoms with E-state index >= 15 is 0 Å². The summed E-state index contributed by atoms with van der Waals surface area (Å²) in [6.45, 7) is 2.09. The molecule has 1 amide bonds. The van der Waals surface area contributed by atoms with E-state index < -0.39 is 0 Å². The second-order valence-corrected chi connectivity index (χ2v) is 3.34. The number of nitrogens with one attached hydrogen (secondary N) is 2. The molecule has 0 radical (unpaired) electrons. The number of hydrogen-bond acceptors (Lipinski definition) is 2. The third-order valence-corrected chi connectivity index (χ3v) is 2.15. The highest BCUT2D eigenvalue weighted by Crippen LogP contribution is 2.17.